The molecule has 1 atom stereocenters. The van der Waals surface area contributed by atoms with E-state index in [-0.39, 0.29) is 0 Å². The van der Waals surface area contributed by atoms with Gasteiger partial charge in [0.2, 0.25) is 0 Å². The Morgan fingerprint density at radius 3 is 2.39 bits per heavy atom. The molecule has 0 fully saturated rings. The number of carbonyl (C=O) groups is 2. The third kappa shape index (κ3) is 3.77. The monoisotopic (exact) mass is 315 g/mol. The molecule has 2 rings (SSSR count). The summed E-state index contributed by atoms with van der Waals surface area (Å²) in [7, 11) is 0. The molecule has 1 aromatic carbocycles. The number of amides is 1. The fraction of sp³-hybridized carbons (Fsp3) is 0.353. The Morgan fingerprint density at radius 2 is 1.91 bits per heavy atom. The SMILES string of the molecule is CCCC(C)(NC(=O)c1ccc(-n2ccc(C)n2)cc1)C(=O)O. The number of hydrogen-bond acceptors (Lipinski definition) is 3. The first kappa shape index (κ1) is 16.7. The van der Waals surface area contributed by atoms with E-state index < -0.39 is 17.4 Å². The third-order valence-electron chi connectivity index (χ3n) is 3.73. The Balaban J connectivity index is 2.15. The lowest BCUT2D eigenvalue weighted by molar-refractivity contribution is -0.144. The summed E-state index contributed by atoms with van der Waals surface area (Å²) in [5.41, 5.74) is 0.901. The van der Waals surface area contributed by atoms with Crippen LogP contribution < -0.4 is 5.32 Å². The molecular weight excluding hydrogens is 294 g/mol. The molecule has 0 saturated heterocycles. The molecule has 2 N–H and O–H groups in total. The molecule has 23 heavy (non-hydrogen) atoms. The summed E-state index contributed by atoms with van der Waals surface area (Å²) >= 11 is 0. The van der Waals surface area contributed by atoms with E-state index in [4.69, 9.17) is 0 Å². The topological polar surface area (TPSA) is 84.2 Å². The van der Waals surface area contributed by atoms with Gasteiger partial charge in [-0.25, -0.2) is 9.48 Å². The first-order valence-electron chi connectivity index (χ1n) is 7.54. The van der Waals surface area contributed by atoms with E-state index in [2.05, 4.69) is 10.4 Å². The van der Waals surface area contributed by atoms with Crippen LogP contribution >= 0.6 is 0 Å². The summed E-state index contributed by atoms with van der Waals surface area (Å²) in [6.45, 7) is 5.31. The van der Waals surface area contributed by atoms with Crippen molar-refractivity contribution in [3.63, 3.8) is 0 Å². The average Bonchev–Trinajstić information content (AvgIpc) is 2.94. The number of aliphatic carboxylic acids is 1. The van der Waals surface area contributed by atoms with Crippen molar-refractivity contribution < 1.29 is 14.7 Å². The van der Waals surface area contributed by atoms with Crippen LogP contribution in [0.2, 0.25) is 0 Å². The number of hydrogen-bond donors (Lipinski definition) is 2. The van der Waals surface area contributed by atoms with Crippen LogP contribution in [0.1, 0.15) is 42.7 Å². The van der Waals surface area contributed by atoms with E-state index in [1.807, 2.05) is 26.1 Å². The number of carboxylic acid groups (broad SMARTS) is 1. The summed E-state index contributed by atoms with van der Waals surface area (Å²) in [4.78, 5) is 23.7. The van der Waals surface area contributed by atoms with E-state index in [1.165, 1.54) is 6.92 Å². The number of aromatic nitrogens is 2. The van der Waals surface area contributed by atoms with Crippen molar-refractivity contribution in [2.75, 3.05) is 0 Å². The minimum atomic E-state index is -1.26. The Labute approximate surface area is 135 Å². The van der Waals surface area contributed by atoms with Crippen LogP contribution in [0.3, 0.4) is 0 Å². The Hall–Kier alpha value is -2.63. The maximum atomic E-state index is 12.3. The Bertz CT molecular complexity index is 706. The second kappa shape index (κ2) is 6.64. The fourth-order valence-corrected chi connectivity index (χ4v) is 2.37. The zero-order valence-electron chi connectivity index (χ0n) is 13.5. The van der Waals surface area contributed by atoms with Crippen molar-refractivity contribution in [3.05, 3.63) is 47.8 Å². The maximum Gasteiger partial charge on any atom is 0.329 e. The van der Waals surface area contributed by atoms with Crippen molar-refractivity contribution >= 4 is 11.9 Å². The molecule has 1 amide bonds. The lowest BCUT2D eigenvalue weighted by Crippen LogP contribution is -2.52. The zero-order chi connectivity index (χ0) is 17.0. The second-order valence-corrected chi connectivity index (χ2v) is 5.79. The van der Waals surface area contributed by atoms with Gasteiger partial charge in [0.15, 0.2) is 0 Å². The number of carboxylic acids is 1. The standard InChI is InChI=1S/C17H21N3O3/c1-4-10-17(3,16(22)23)18-15(21)13-5-7-14(8-6-13)20-11-9-12(2)19-20/h5-9,11H,4,10H2,1-3H3,(H,18,21)(H,22,23). The van der Waals surface area contributed by atoms with Crippen LogP contribution in [0.5, 0.6) is 0 Å². The zero-order valence-corrected chi connectivity index (χ0v) is 13.5. The normalized spacial score (nSPS) is 13.3. The van der Waals surface area contributed by atoms with Crippen LogP contribution in [0.25, 0.3) is 5.69 Å². The van der Waals surface area contributed by atoms with Crippen molar-refractivity contribution in [2.24, 2.45) is 0 Å². The first-order valence-corrected chi connectivity index (χ1v) is 7.54. The third-order valence-corrected chi connectivity index (χ3v) is 3.73. The maximum absolute atomic E-state index is 12.3. The molecule has 1 aromatic heterocycles. The molecule has 0 bridgehead atoms. The molecular formula is C17H21N3O3. The van der Waals surface area contributed by atoms with Gasteiger partial charge in [0.1, 0.15) is 5.54 Å². The van der Waals surface area contributed by atoms with Gasteiger partial charge in [-0.2, -0.15) is 5.10 Å². The second-order valence-electron chi connectivity index (χ2n) is 5.79. The van der Waals surface area contributed by atoms with Gasteiger partial charge in [-0.05, 0) is 50.6 Å². The highest BCUT2D eigenvalue weighted by molar-refractivity contribution is 5.97. The predicted octanol–water partition coefficient (Wildman–Crippen LogP) is 2.55. The first-order chi connectivity index (χ1) is 10.9. The highest BCUT2D eigenvalue weighted by Crippen LogP contribution is 2.15. The average molecular weight is 315 g/mol. The van der Waals surface area contributed by atoms with Crippen LogP contribution in [0, 0.1) is 6.92 Å². The van der Waals surface area contributed by atoms with Crippen molar-refractivity contribution in [2.45, 2.75) is 39.2 Å². The molecule has 2 aromatic rings. The lowest BCUT2D eigenvalue weighted by Gasteiger charge is -2.25. The molecule has 6 nitrogen and oxygen atoms in total. The number of benzene rings is 1. The molecule has 0 aliphatic carbocycles. The summed E-state index contributed by atoms with van der Waals surface area (Å²) in [6, 6.07) is 8.77. The Kier molecular flexibility index (Phi) is 4.83. The van der Waals surface area contributed by atoms with Gasteiger partial charge in [-0.15, -0.1) is 0 Å². The number of carbonyl (C=O) groups excluding carboxylic acids is 1. The van der Waals surface area contributed by atoms with Gasteiger partial charge in [0, 0.05) is 11.8 Å². The van der Waals surface area contributed by atoms with E-state index >= 15 is 0 Å². The minimum absolute atomic E-state index is 0.374. The predicted molar refractivity (Wildman–Crippen MR) is 86.7 cm³/mol. The lowest BCUT2D eigenvalue weighted by atomic mass is 9.95. The van der Waals surface area contributed by atoms with Crippen molar-refractivity contribution in [3.8, 4) is 5.69 Å². The van der Waals surface area contributed by atoms with E-state index in [9.17, 15) is 14.7 Å². The largest absolute Gasteiger partial charge is 0.480 e. The van der Waals surface area contributed by atoms with E-state index in [1.54, 1.807) is 28.9 Å². The highest BCUT2D eigenvalue weighted by Gasteiger charge is 2.33. The van der Waals surface area contributed by atoms with E-state index in [0.717, 1.165) is 11.4 Å². The summed E-state index contributed by atoms with van der Waals surface area (Å²) in [6.07, 6.45) is 2.88. The van der Waals surface area contributed by atoms with E-state index in [0.29, 0.717) is 18.4 Å². The molecule has 0 radical (unpaired) electrons. The number of nitrogens with one attached hydrogen (secondary N) is 1. The van der Waals surface area contributed by atoms with Crippen LogP contribution in [-0.4, -0.2) is 32.3 Å². The van der Waals surface area contributed by atoms with Crippen LogP contribution in [0.4, 0.5) is 0 Å². The number of rotatable bonds is 6. The summed E-state index contributed by atoms with van der Waals surface area (Å²) in [5, 5.41) is 16.2. The van der Waals surface area contributed by atoms with Crippen LogP contribution in [0.15, 0.2) is 36.5 Å². The van der Waals surface area contributed by atoms with Gasteiger partial charge in [-0.1, -0.05) is 13.3 Å². The smallest absolute Gasteiger partial charge is 0.329 e. The van der Waals surface area contributed by atoms with Gasteiger partial charge in [-0.3, -0.25) is 4.79 Å². The number of nitrogens with zero attached hydrogens (tertiary/aromatic N) is 2. The summed E-state index contributed by atoms with van der Waals surface area (Å²) in [5.74, 6) is -1.43. The quantitative estimate of drug-likeness (QED) is 0.858. The van der Waals surface area contributed by atoms with Gasteiger partial charge in [0.05, 0.1) is 11.4 Å². The molecule has 1 heterocycles. The summed E-state index contributed by atoms with van der Waals surface area (Å²) < 4.78 is 1.72. The molecule has 1 unspecified atom stereocenters. The van der Waals surface area contributed by atoms with Crippen molar-refractivity contribution in [1.82, 2.24) is 15.1 Å². The fourth-order valence-electron chi connectivity index (χ4n) is 2.37. The molecule has 122 valence electrons. The highest BCUT2D eigenvalue weighted by atomic mass is 16.4. The number of aryl methyl sites for hydroxylation is 1. The molecule has 0 aliphatic rings. The van der Waals surface area contributed by atoms with Gasteiger partial charge >= 0.3 is 5.97 Å². The van der Waals surface area contributed by atoms with Gasteiger partial charge < -0.3 is 10.4 Å². The van der Waals surface area contributed by atoms with Gasteiger partial charge in [0.25, 0.3) is 5.91 Å². The molecule has 0 spiro atoms. The Morgan fingerprint density at radius 1 is 1.26 bits per heavy atom. The van der Waals surface area contributed by atoms with Crippen LogP contribution in [-0.2, 0) is 4.79 Å². The molecule has 0 aliphatic heterocycles. The molecule has 0 saturated carbocycles. The molecule has 6 heteroatoms. The van der Waals surface area contributed by atoms with Crippen molar-refractivity contribution in [1.29, 1.82) is 0 Å². The minimum Gasteiger partial charge on any atom is -0.480 e.